The van der Waals surface area contributed by atoms with Crippen LogP contribution in [-0.4, -0.2) is 27.7 Å². The molecule has 0 saturated heterocycles. The van der Waals surface area contributed by atoms with Crippen molar-refractivity contribution in [2.24, 2.45) is 0 Å². The Morgan fingerprint density at radius 1 is 0.714 bits per heavy atom. The predicted octanol–water partition coefficient (Wildman–Crippen LogP) is 8.97. The van der Waals surface area contributed by atoms with Crippen molar-refractivity contribution in [2.45, 2.75) is 45.8 Å². The molecular formula is C37H37N3OSi. The van der Waals surface area contributed by atoms with Gasteiger partial charge in [-0.2, -0.15) is 0 Å². The second-order valence-corrected chi connectivity index (χ2v) is 18.1. The van der Waals surface area contributed by atoms with E-state index < -0.39 is 8.07 Å². The number of rotatable bonds is 5. The molecule has 210 valence electrons. The lowest BCUT2D eigenvalue weighted by Gasteiger charge is -2.22. The van der Waals surface area contributed by atoms with Crippen molar-refractivity contribution in [2.75, 3.05) is 0 Å². The Labute approximate surface area is 249 Å². The molecule has 0 saturated carbocycles. The van der Waals surface area contributed by atoms with Gasteiger partial charge < -0.3 is 5.11 Å². The smallest absolute Gasteiger partial charge is 0.149 e. The monoisotopic (exact) mass is 567 g/mol. The molecule has 0 spiro atoms. The van der Waals surface area contributed by atoms with E-state index in [1.54, 1.807) is 0 Å². The molecule has 6 aromatic rings. The van der Waals surface area contributed by atoms with Crippen LogP contribution in [0.3, 0.4) is 0 Å². The summed E-state index contributed by atoms with van der Waals surface area (Å²) in [6.07, 6.45) is 2.04. The number of hydrogen-bond acceptors (Lipinski definition) is 3. The third-order valence-electron chi connectivity index (χ3n) is 7.88. The van der Waals surface area contributed by atoms with Gasteiger partial charge in [-0.25, -0.2) is 4.98 Å². The summed E-state index contributed by atoms with van der Waals surface area (Å²) in [5.74, 6) is 0.987. The molecule has 4 aromatic carbocycles. The number of benzene rings is 4. The van der Waals surface area contributed by atoms with Crippen LogP contribution in [0.15, 0.2) is 109 Å². The van der Waals surface area contributed by atoms with Crippen LogP contribution in [0.4, 0.5) is 0 Å². The normalized spacial score (nSPS) is 12.1. The number of aromatic hydroxyl groups is 1. The highest BCUT2D eigenvalue weighted by Crippen LogP contribution is 2.41. The van der Waals surface area contributed by atoms with Crippen molar-refractivity contribution >= 4 is 24.3 Å². The van der Waals surface area contributed by atoms with Crippen molar-refractivity contribution in [3.05, 3.63) is 115 Å². The van der Waals surface area contributed by atoms with Crippen molar-refractivity contribution < 1.29 is 5.11 Å². The van der Waals surface area contributed by atoms with Gasteiger partial charge in [0.1, 0.15) is 11.6 Å². The topological polar surface area (TPSA) is 50.9 Å². The highest BCUT2D eigenvalue weighted by Gasteiger charge is 2.24. The Hall–Kier alpha value is -4.48. The summed E-state index contributed by atoms with van der Waals surface area (Å²) in [4.78, 5) is 10.1. The standard InChI is InChI=1S/C37H37N3OSi/c1-37(2,3)31-19-11-18-30(35(31)41)36-39-34-29(17-12-20-33(34)40(36)27-15-8-7-9-16-27)25-13-10-14-26(23-25)32-22-21-28(24-38-32)42(4,5)6/h7-24,41H,1-6H3. The molecule has 0 radical (unpaired) electrons. The van der Waals surface area contributed by atoms with Crippen molar-refractivity contribution in [3.8, 4) is 45.2 Å². The predicted molar refractivity (Wildman–Crippen MR) is 179 cm³/mol. The number of phenolic OH excluding ortho intramolecular Hbond substituents is 1. The van der Waals surface area contributed by atoms with Crippen LogP contribution in [0.25, 0.3) is 50.5 Å². The first kappa shape index (κ1) is 27.7. The van der Waals surface area contributed by atoms with Crippen LogP contribution in [-0.2, 0) is 5.41 Å². The fourth-order valence-electron chi connectivity index (χ4n) is 5.53. The number of hydrogen-bond donors (Lipinski definition) is 1. The van der Waals surface area contributed by atoms with E-state index in [9.17, 15) is 5.11 Å². The van der Waals surface area contributed by atoms with Crippen LogP contribution in [0.1, 0.15) is 26.3 Å². The lowest BCUT2D eigenvalue weighted by molar-refractivity contribution is 0.448. The van der Waals surface area contributed by atoms with Gasteiger partial charge in [0.2, 0.25) is 0 Å². The minimum Gasteiger partial charge on any atom is -0.507 e. The molecule has 0 aliphatic carbocycles. The second-order valence-electron chi connectivity index (χ2n) is 13.0. The molecule has 4 nitrogen and oxygen atoms in total. The zero-order chi connectivity index (χ0) is 29.6. The number of aromatic nitrogens is 3. The van der Waals surface area contributed by atoms with E-state index in [2.05, 4.69) is 112 Å². The summed E-state index contributed by atoms with van der Waals surface area (Å²) in [5.41, 5.74) is 8.41. The van der Waals surface area contributed by atoms with E-state index >= 15 is 0 Å². The molecule has 0 bridgehead atoms. The first-order valence-corrected chi connectivity index (χ1v) is 18.0. The summed E-state index contributed by atoms with van der Waals surface area (Å²) < 4.78 is 2.15. The van der Waals surface area contributed by atoms with E-state index in [1.165, 1.54) is 5.19 Å². The maximum atomic E-state index is 11.5. The lowest BCUT2D eigenvalue weighted by atomic mass is 9.85. The maximum Gasteiger partial charge on any atom is 0.149 e. The van der Waals surface area contributed by atoms with Crippen molar-refractivity contribution in [1.29, 1.82) is 0 Å². The van der Waals surface area contributed by atoms with Crippen LogP contribution in [0, 0.1) is 0 Å². The molecule has 5 heteroatoms. The summed E-state index contributed by atoms with van der Waals surface area (Å²) in [6, 6.07) is 35.4. The van der Waals surface area contributed by atoms with E-state index in [1.807, 2.05) is 42.6 Å². The average Bonchev–Trinajstić information content (AvgIpc) is 3.36. The fraction of sp³-hybridized carbons (Fsp3) is 0.189. The lowest BCUT2D eigenvalue weighted by Crippen LogP contribution is -2.37. The molecule has 0 aliphatic heterocycles. The summed E-state index contributed by atoms with van der Waals surface area (Å²) >= 11 is 0. The zero-order valence-corrected chi connectivity index (χ0v) is 26.2. The van der Waals surface area contributed by atoms with Gasteiger partial charge in [0.15, 0.2) is 0 Å². The maximum absolute atomic E-state index is 11.5. The summed E-state index contributed by atoms with van der Waals surface area (Å²) in [6.45, 7) is 13.4. The molecule has 0 atom stereocenters. The largest absolute Gasteiger partial charge is 0.507 e. The third-order valence-corrected chi connectivity index (χ3v) is 9.91. The van der Waals surface area contributed by atoms with E-state index in [-0.39, 0.29) is 11.2 Å². The van der Waals surface area contributed by atoms with Gasteiger partial charge in [-0.05, 0) is 58.1 Å². The Bertz CT molecular complexity index is 1890. The summed E-state index contributed by atoms with van der Waals surface area (Å²) in [7, 11) is -1.42. The molecule has 2 aromatic heterocycles. The molecule has 0 unspecified atom stereocenters. The SMILES string of the molecule is CC(C)(C)c1cccc(-c2nc3c(-c4cccc(-c5ccc([Si](C)(C)C)cn5)c4)cccc3n2-c2ccccc2)c1O. The zero-order valence-electron chi connectivity index (χ0n) is 25.2. The molecule has 0 amide bonds. The average molecular weight is 568 g/mol. The first-order valence-electron chi connectivity index (χ1n) is 14.5. The molecule has 42 heavy (non-hydrogen) atoms. The third kappa shape index (κ3) is 5.05. The quantitative estimate of drug-likeness (QED) is 0.212. The molecule has 6 rings (SSSR count). The van der Waals surface area contributed by atoms with Gasteiger partial charge in [-0.1, -0.05) is 107 Å². The Morgan fingerprint density at radius 3 is 2.10 bits per heavy atom. The Balaban J connectivity index is 1.55. The van der Waals surface area contributed by atoms with Gasteiger partial charge in [-0.15, -0.1) is 0 Å². The van der Waals surface area contributed by atoms with Gasteiger partial charge in [0.25, 0.3) is 0 Å². The summed E-state index contributed by atoms with van der Waals surface area (Å²) in [5, 5.41) is 12.9. The number of phenols is 1. The number of fused-ring (bicyclic) bond motifs is 1. The fourth-order valence-corrected chi connectivity index (χ4v) is 6.57. The number of nitrogens with zero attached hydrogens (tertiary/aromatic N) is 3. The molecular weight excluding hydrogens is 531 g/mol. The van der Waals surface area contributed by atoms with Gasteiger partial charge in [-0.3, -0.25) is 9.55 Å². The van der Waals surface area contributed by atoms with Crippen molar-refractivity contribution in [1.82, 2.24) is 14.5 Å². The van der Waals surface area contributed by atoms with Crippen LogP contribution < -0.4 is 5.19 Å². The molecule has 0 fully saturated rings. The first-order chi connectivity index (χ1) is 20.0. The van der Waals surface area contributed by atoms with Crippen LogP contribution in [0.2, 0.25) is 19.6 Å². The molecule has 1 N–H and O–H groups in total. The van der Waals surface area contributed by atoms with E-state index in [0.29, 0.717) is 11.4 Å². The number of imidazole rings is 1. The van der Waals surface area contributed by atoms with Gasteiger partial charge >= 0.3 is 0 Å². The van der Waals surface area contributed by atoms with Gasteiger partial charge in [0, 0.05) is 23.0 Å². The van der Waals surface area contributed by atoms with E-state index in [4.69, 9.17) is 9.97 Å². The van der Waals surface area contributed by atoms with E-state index in [0.717, 1.165) is 44.7 Å². The van der Waals surface area contributed by atoms with Crippen molar-refractivity contribution in [3.63, 3.8) is 0 Å². The van der Waals surface area contributed by atoms with Gasteiger partial charge in [0.05, 0.1) is 30.4 Å². The Morgan fingerprint density at radius 2 is 1.40 bits per heavy atom. The number of para-hydroxylation sites is 3. The molecule has 2 heterocycles. The van der Waals surface area contributed by atoms with Crippen LogP contribution >= 0.6 is 0 Å². The highest BCUT2D eigenvalue weighted by atomic mass is 28.3. The van der Waals surface area contributed by atoms with Crippen LogP contribution in [0.5, 0.6) is 5.75 Å². The second kappa shape index (κ2) is 10.4. The minimum absolute atomic E-state index is 0.212. The molecule has 0 aliphatic rings. The number of pyridine rings is 1. The Kier molecular flexibility index (Phi) is 6.86. The highest BCUT2D eigenvalue weighted by molar-refractivity contribution is 6.88. The minimum atomic E-state index is -1.42.